The Labute approximate surface area is 319 Å². The molecule has 6 aromatic carbocycles. The van der Waals surface area contributed by atoms with Crippen LogP contribution in [0.3, 0.4) is 0 Å². The standard InChI is InChI=1S/C52H46N2/c1-5-14-36(15-6-2)37-22-27-41(28-23-37)53(43-31-32-45-44-18-10-12-20-48(44)52(3,4)49(45)35-43)42-29-24-38(25-30-42)39-26-33-51-47(34-39)46-19-11-13-21-50(46)54(51)40-16-8-7-9-17-40/h5-9,11,13-17,19,21-35H,1,10,12,18,20H2,2-4H3/b15-6-,36-14+. The lowest BCUT2D eigenvalue weighted by Gasteiger charge is -2.29. The predicted molar refractivity (Wildman–Crippen MR) is 232 cm³/mol. The van der Waals surface area contributed by atoms with Crippen LogP contribution in [-0.2, 0) is 5.41 Å². The third-order valence-electron chi connectivity index (χ3n) is 11.7. The number of hydrogen-bond acceptors (Lipinski definition) is 1. The minimum atomic E-state index is 0.0413. The molecule has 264 valence electrons. The van der Waals surface area contributed by atoms with Crippen molar-refractivity contribution in [3.8, 4) is 16.8 Å². The van der Waals surface area contributed by atoms with Crippen molar-refractivity contribution >= 4 is 50.0 Å². The fourth-order valence-corrected chi connectivity index (χ4v) is 9.12. The molecule has 7 aromatic rings. The number of para-hydroxylation sites is 2. The molecule has 2 aliphatic carbocycles. The number of nitrogens with zero attached hydrogens (tertiary/aromatic N) is 2. The van der Waals surface area contributed by atoms with Gasteiger partial charge in [-0.1, -0.05) is 123 Å². The van der Waals surface area contributed by atoms with Gasteiger partial charge in [0.1, 0.15) is 0 Å². The summed E-state index contributed by atoms with van der Waals surface area (Å²) >= 11 is 0. The van der Waals surface area contributed by atoms with E-state index in [0.717, 1.165) is 16.9 Å². The lowest BCUT2D eigenvalue weighted by molar-refractivity contribution is 0.574. The van der Waals surface area contributed by atoms with Gasteiger partial charge in [0, 0.05) is 38.9 Å². The second kappa shape index (κ2) is 13.7. The third kappa shape index (κ3) is 5.65. The summed E-state index contributed by atoms with van der Waals surface area (Å²) in [5, 5.41) is 2.53. The molecule has 1 aromatic heterocycles. The smallest absolute Gasteiger partial charge is 0.0541 e. The van der Waals surface area contributed by atoms with Crippen LogP contribution in [0.25, 0.3) is 49.8 Å². The lowest BCUT2D eigenvalue weighted by atomic mass is 9.77. The van der Waals surface area contributed by atoms with Gasteiger partial charge < -0.3 is 9.47 Å². The van der Waals surface area contributed by atoms with Crippen molar-refractivity contribution in [2.45, 2.75) is 51.9 Å². The number of hydrogen-bond donors (Lipinski definition) is 0. The molecule has 0 fully saturated rings. The minimum Gasteiger partial charge on any atom is -0.310 e. The van der Waals surface area contributed by atoms with Crippen molar-refractivity contribution < 1.29 is 0 Å². The molecule has 0 saturated heterocycles. The van der Waals surface area contributed by atoms with E-state index in [0.29, 0.717) is 0 Å². The third-order valence-corrected chi connectivity index (χ3v) is 11.7. The summed E-state index contributed by atoms with van der Waals surface area (Å²) < 4.78 is 2.37. The maximum Gasteiger partial charge on any atom is 0.0541 e. The normalized spacial score (nSPS) is 15.2. The number of rotatable bonds is 8. The maximum absolute atomic E-state index is 3.95. The Morgan fingerprint density at radius 1 is 0.667 bits per heavy atom. The van der Waals surface area contributed by atoms with E-state index in [4.69, 9.17) is 0 Å². The molecule has 54 heavy (non-hydrogen) atoms. The SMILES string of the molecule is C=C/C=C(\C=C/C)c1ccc(N(c2ccc(-c3ccc4c(c3)c3ccccc3n4-c3ccccc3)cc2)c2ccc3c(c2)C(C)(C)C2=C3CCCC2)cc1. The molecule has 2 nitrogen and oxygen atoms in total. The highest BCUT2D eigenvalue weighted by Gasteiger charge is 2.38. The van der Waals surface area contributed by atoms with Crippen molar-refractivity contribution in [3.05, 3.63) is 193 Å². The first-order valence-electron chi connectivity index (χ1n) is 19.4. The topological polar surface area (TPSA) is 8.17 Å². The molecule has 9 rings (SSSR count). The maximum atomic E-state index is 3.95. The van der Waals surface area contributed by atoms with E-state index in [1.807, 2.05) is 6.08 Å². The zero-order valence-electron chi connectivity index (χ0n) is 31.5. The van der Waals surface area contributed by atoms with Gasteiger partial charge in [-0.2, -0.15) is 0 Å². The largest absolute Gasteiger partial charge is 0.310 e. The summed E-state index contributed by atoms with van der Waals surface area (Å²) in [7, 11) is 0. The summed E-state index contributed by atoms with van der Waals surface area (Å²) in [6.07, 6.45) is 13.1. The van der Waals surface area contributed by atoms with Gasteiger partial charge >= 0.3 is 0 Å². The van der Waals surface area contributed by atoms with Crippen LogP contribution in [0.1, 0.15) is 63.1 Å². The molecule has 0 amide bonds. The van der Waals surface area contributed by atoms with Gasteiger partial charge in [0.05, 0.1) is 11.0 Å². The lowest BCUT2D eigenvalue weighted by Crippen LogP contribution is -2.19. The van der Waals surface area contributed by atoms with Crippen LogP contribution >= 0.6 is 0 Å². The van der Waals surface area contributed by atoms with E-state index in [-0.39, 0.29) is 5.41 Å². The van der Waals surface area contributed by atoms with Crippen LogP contribution in [0, 0.1) is 0 Å². The second-order valence-corrected chi connectivity index (χ2v) is 15.2. The quantitative estimate of drug-likeness (QED) is 0.143. The average molecular weight is 699 g/mol. The van der Waals surface area contributed by atoms with Gasteiger partial charge in [0.2, 0.25) is 0 Å². The molecule has 2 heteroatoms. The van der Waals surface area contributed by atoms with E-state index in [1.165, 1.54) is 86.7 Å². The predicted octanol–water partition coefficient (Wildman–Crippen LogP) is 14.7. The van der Waals surface area contributed by atoms with Crippen molar-refractivity contribution in [2.24, 2.45) is 0 Å². The molecular formula is C52H46N2. The van der Waals surface area contributed by atoms with Crippen LogP contribution < -0.4 is 4.90 Å². The molecule has 2 aliphatic rings. The Kier molecular flexibility index (Phi) is 8.55. The number of anilines is 3. The molecule has 0 saturated carbocycles. The van der Waals surface area contributed by atoms with E-state index in [1.54, 1.807) is 11.1 Å². The molecule has 0 N–H and O–H groups in total. The van der Waals surface area contributed by atoms with E-state index >= 15 is 0 Å². The Bertz CT molecular complexity index is 2630. The first kappa shape index (κ1) is 33.7. The minimum absolute atomic E-state index is 0.0413. The second-order valence-electron chi connectivity index (χ2n) is 15.2. The van der Waals surface area contributed by atoms with Crippen LogP contribution in [0.2, 0.25) is 0 Å². The first-order chi connectivity index (χ1) is 26.5. The van der Waals surface area contributed by atoms with Gasteiger partial charge in [-0.05, 0) is 138 Å². The summed E-state index contributed by atoms with van der Waals surface area (Å²) in [6, 6.07) is 51.6. The van der Waals surface area contributed by atoms with E-state index < -0.39 is 0 Å². The Hall–Kier alpha value is -6.12. The highest BCUT2D eigenvalue weighted by molar-refractivity contribution is 6.10. The van der Waals surface area contributed by atoms with Crippen molar-refractivity contribution in [1.82, 2.24) is 4.57 Å². The highest BCUT2D eigenvalue weighted by Crippen LogP contribution is 2.53. The molecule has 0 spiro atoms. The van der Waals surface area contributed by atoms with Gasteiger partial charge in [0.15, 0.2) is 0 Å². The Morgan fingerprint density at radius 2 is 1.33 bits per heavy atom. The summed E-state index contributed by atoms with van der Waals surface area (Å²) in [5.41, 5.74) is 18.0. The molecule has 0 unspecified atom stereocenters. The van der Waals surface area contributed by atoms with Crippen LogP contribution in [-0.4, -0.2) is 4.57 Å². The Morgan fingerprint density at radius 3 is 2.09 bits per heavy atom. The van der Waals surface area contributed by atoms with E-state index in [2.05, 4.69) is 195 Å². The molecule has 0 radical (unpaired) electrons. The molecule has 1 heterocycles. The Balaban J connectivity index is 1.13. The first-order valence-corrected chi connectivity index (χ1v) is 19.4. The number of allylic oxidation sites excluding steroid dienone is 7. The van der Waals surface area contributed by atoms with Crippen molar-refractivity contribution in [2.75, 3.05) is 4.90 Å². The monoisotopic (exact) mass is 698 g/mol. The molecule has 0 atom stereocenters. The highest BCUT2D eigenvalue weighted by atomic mass is 15.1. The fourth-order valence-electron chi connectivity index (χ4n) is 9.12. The average Bonchev–Trinajstić information content (AvgIpc) is 3.67. The molecule has 0 aliphatic heterocycles. The zero-order chi connectivity index (χ0) is 36.8. The number of fused-ring (bicyclic) bond motifs is 5. The summed E-state index contributed by atoms with van der Waals surface area (Å²) in [5.74, 6) is 0. The number of benzene rings is 6. The molecule has 0 bridgehead atoms. The van der Waals surface area contributed by atoms with Crippen molar-refractivity contribution in [1.29, 1.82) is 0 Å². The van der Waals surface area contributed by atoms with Crippen molar-refractivity contribution in [3.63, 3.8) is 0 Å². The van der Waals surface area contributed by atoms with Crippen LogP contribution in [0.15, 0.2) is 176 Å². The molecular weight excluding hydrogens is 653 g/mol. The van der Waals surface area contributed by atoms with Gasteiger partial charge in [-0.25, -0.2) is 0 Å². The number of aromatic nitrogens is 1. The fraction of sp³-hybridized carbons (Fsp3) is 0.154. The van der Waals surface area contributed by atoms with Gasteiger partial charge in [0.25, 0.3) is 0 Å². The van der Waals surface area contributed by atoms with Crippen LogP contribution in [0.4, 0.5) is 17.1 Å². The van der Waals surface area contributed by atoms with Gasteiger partial charge in [-0.15, -0.1) is 0 Å². The summed E-state index contributed by atoms with van der Waals surface area (Å²) in [6.45, 7) is 10.9. The summed E-state index contributed by atoms with van der Waals surface area (Å²) in [4.78, 5) is 2.42. The van der Waals surface area contributed by atoms with Crippen LogP contribution in [0.5, 0.6) is 0 Å². The zero-order valence-corrected chi connectivity index (χ0v) is 31.5. The van der Waals surface area contributed by atoms with E-state index in [9.17, 15) is 0 Å². The van der Waals surface area contributed by atoms with Gasteiger partial charge in [-0.3, -0.25) is 0 Å².